The predicted octanol–water partition coefficient (Wildman–Crippen LogP) is 4.92. The molecule has 150 valence electrons. The van der Waals surface area contributed by atoms with Gasteiger partial charge in [0.2, 0.25) is 0 Å². The molecule has 0 saturated heterocycles. The fraction of sp³-hybridized carbons (Fsp3) is 0.0833. The van der Waals surface area contributed by atoms with Crippen LogP contribution in [-0.4, -0.2) is 25.8 Å². The van der Waals surface area contributed by atoms with Gasteiger partial charge in [-0.1, -0.05) is 49.1 Å². The van der Waals surface area contributed by atoms with E-state index in [-0.39, 0.29) is 5.76 Å². The summed E-state index contributed by atoms with van der Waals surface area (Å²) < 4.78 is 16.7. The van der Waals surface area contributed by atoms with Crippen LogP contribution in [0.3, 0.4) is 0 Å². The fourth-order valence-corrected chi connectivity index (χ4v) is 3.21. The maximum atomic E-state index is 12.5. The van der Waals surface area contributed by atoms with Crippen molar-refractivity contribution < 1.29 is 18.7 Å². The lowest BCUT2D eigenvalue weighted by atomic mass is 10.1. The summed E-state index contributed by atoms with van der Waals surface area (Å²) >= 11 is 0. The van der Waals surface area contributed by atoms with E-state index in [9.17, 15) is 4.79 Å². The quantitative estimate of drug-likeness (QED) is 0.271. The van der Waals surface area contributed by atoms with Crippen LogP contribution in [0.2, 0.25) is 0 Å². The summed E-state index contributed by atoms with van der Waals surface area (Å²) in [7, 11) is 1.56. The van der Waals surface area contributed by atoms with Gasteiger partial charge in [0, 0.05) is 10.9 Å². The molecule has 0 radical (unpaired) electrons. The van der Waals surface area contributed by atoms with Gasteiger partial charge in [0.05, 0.1) is 13.3 Å². The highest BCUT2D eigenvalue weighted by Crippen LogP contribution is 2.30. The predicted molar refractivity (Wildman–Crippen MR) is 117 cm³/mol. The Labute approximate surface area is 173 Å². The third kappa shape index (κ3) is 3.75. The Bertz CT molecular complexity index is 1260. The minimum absolute atomic E-state index is 0.187. The molecule has 0 aliphatic carbocycles. The van der Waals surface area contributed by atoms with Crippen molar-refractivity contribution in [3.05, 3.63) is 84.6 Å². The summed E-state index contributed by atoms with van der Waals surface area (Å²) in [4.78, 5) is 12.5. The Hall–Kier alpha value is -4.06. The molecule has 1 heterocycles. The number of rotatable bonds is 7. The summed E-state index contributed by atoms with van der Waals surface area (Å²) in [5.74, 6) is 0.833. The van der Waals surface area contributed by atoms with Crippen LogP contribution in [0.4, 0.5) is 0 Å². The molecular weight excluding hydrogens is 380 g/mol. The van der Waals surface area contributed by atoms with E-state index in [0.717, 1.165) is 16.2 Å². The number of fused-ring (bicyclic) bond motifs is 3. The van der Waals surface area contributed by atoms with Crippen LogP contribution in [0.5, 0.6) is 11.5 Å². The van der Waals surface area contributed by atoms with Gasteiger partial charge in [-0.25, -0.2) is 5.43 Å². The minimum Gasteiger partial charge on any atom is -0.493 e. The third-order valence-corrected chi connectivity index (χ3v) is 4.59. The molecule has 0 unspecified atom stereocenters. The summed E-state index contributed by atoms with van der Waals surface area (Å²) in [6, 6.07) is 18.9. The Morgan fingerprint density at radius 2 is 2.00 bits per heavy atom. The van der Waals surface area contributed by atoms with Crippen molar-refractivity contribution in [3.63, 3.8) is 0 Å². The molecule has 6 nitrogen and oxygen atoms in total. The molecule has 0 aliphatic rings. The molecule has 0 atom stereocenters. The smallest absolute Gasteiger partial charge is 0.307 e. The summed E-state index contributed by atoms with van der Waals surface area (Å²) in [6.45, 7) is 3.97. The van der Waals surface area contributed by atoms with Crippen molar-refractivity contribution in [2.45, 2.75) is 0 Å². The number of para-hydroxylation sites is 1. The molecule has 4 aromatic rings. The van der Waals surface area contributed by atoms with Gasteiger partial charge in [-0.3, -0.25) is 4.79 Å². The summed E-state index contributed by atoms with van der Waals surface area (Å²) in [5, 5.41) is 7.05. The van der Waals surface area contributed by atoms with Crippen molar-refractivity contribution in [3.8, 4) is 11.5 Å². The van der Waals surface area contributed by atoms with E-state index < -0.39 is 5.91 Å². The number of ether oxygens (including phenoxy) is 2. The number of hydrazone groups is 1. The molecule has 1 amide bonds. The number of carbonyl (C=O) groups excluding carboxylic acids is 1. The van der Waals surface area contributed by atoms with E-state index in [1.807, 2.05) is 48.5 Å². The first-order valence-corrected chi connectivity index (χ1v) is 9.36. The Morgan fingerprint density at radius 1 is 1.13 bits per heavy atom. The second-order valence-electron chi connectivity index (χ2n) is 6.49. The van der Waals surface area contributed by atoms with E-state index in [2.05, 4.69) is 17.1 Å². The number of nitrogens with one attached hydrogen (secondary N) is 1. The monoisotopic (exact) mass is 400 g/mol. The summed E-state index contributed by atoms with van der Waals surface area (Å²) in [6.07, 6.45) is 3.14. The number of nitrogens with zero attached hydrogens (tertiary/aromatic N) is 1. The van der Waals surface area contributed by atoms with Crippen LogP contribution in [0.15, 0.2) is 82.8 Å². The lowest BCUT2D eigenvalue weighted by Crippen LogP contribution is -2.16. The maximum Gasteiger partial charge on any atom is 0.307 e. The van der Waals surface area contributed by atoms with E-state index in [1.165, 1.54) is 6.21 Å². The molecule has 0 aliphatic heterocycles. The van der Waals surface area contributed by atoms with Crippen molar-refractivity contribution in [1.29, 1.82) is 0 Å². The SMILES string of the molecule is C=CCOc1c(/C=N/NC(=O)c2cc3c(ccc4ccccc43)o2)cccc1OC. The van der Waals surface area contributed by atoms with Gasteiger partial charge >= 0.3 is 5.91 Å². The maximum absolute atomic E-state index is 12.5. The standard InChI is InChI=1S/C24H20N2O4/c1-3-13-29-23-17(8-6-10-21(23)28-2)15-25-26-24(27)22-14-19-18-9-5-4-7-16(18)11-12-20(19)30-22/h3-12,14-15H,1,13H2,2H3,(H,26,27)/b25-15+. The van der Waals surface area contributed by atoms with Gasteiger partial charge < -0.3 is 13.9 Å². The highest BCUT2D eigenvalue weighted by atomic mass is 16.5. The molecular formula is C24H20N2O4. The Morgan fingerprint density at radius 3 is 2.83 bits per heavy atom. The molecule has 6 heteroatoms. The van der Waals surface area contributed by atoms with Crippen LogP contribution in [0, 0.1) is 0 Å². The molecule has 30 heavy (non-hydrogen) atoms. The van der Waals surface area contributed by atoms with Crippen molar-refractivity contribution >= 4 is 33.9 Å². The number of furan rings is 1. The first kappa shape index (κ1) is 19.3. The summed E-state index contributed by atoms with van der Waals surface area (Å²) in [5.41, 5.74) is 3.81. The highest BCUT2D eigenvalue weighted by Gasteiger charge is 2.14. The number of amides is 1. The number of hydrogen-bond donors (Lipinski definition) is 1. The second kappa shape index (κ2) is 8.53. The first-order valence-electron chi connectivity index (χ1n) is 9.36. The molecule has 0 fully saturated rings. The van der Waals surface area contributed by atoms with Crippen molar-refractivity contribution in [2.24, 2.45) is 5.10 Å². The molecule has 1 aromatic heterocycles. The van der Waals surface area contributed by atoms with Gasteiger partial charge in [-0.2, -0.15) is 5.10 Å². The van der Waals surface area contributed by atoms with E-state index in [1.54, 1.807) is 25.3 Å². The molecule has 0 spiro atoms. The zero-order valence-electron chi connectivity index (χ0n) is 16.4. The Kier molecular flexibility index (Phi) is 5.48. The number of methoxy groups -OCH3 is 1. The number of benzene rings is 3. The fourth-order valence-electron chi connectivity index (χ4n) is 3.21. The highest BCUT2D eigenvalue weighted by molar-refractivity contribution is 6.08. The second-order valence-corrected chi connectivity index (χ2v) is 6.49. The van der Waals surface area contributed by atoms with Gasteiger partial charge in [-0.15, -0.1) is 0 Å². The van der Waals surface area contributed by atoms with Crippen molar-refractivity contribution in [2.75, 3.05) is 13.7 Å². The van der Waals surface area contributed by atoms with Gasteiger partial charge in [-0.05, 0) is 35.0 Å². The van der Waals surface area contributed by atoms with Crippen LogP contribution < -0.4 is 14.9 Å². The lowest BCUT2D eigenvalue weighted by Gasteiger charge is -2.11. The minimum atomic E-state index is -0.442. The zero-order valence-corrected chi connectivity index (χ0v) is 16.4. The zero-order chi connectivity index (χ0) is 20.9. The number of carbonyl (C=O) groups is 1. The molecule has 0 bridgehead atoms. The first-order chi connectivity index (χ1) is 14.7. The average molecular weight is 400 g/mol. The van der Waals surface area contributed by atoms with E-state index in [0.29, 0.717) is 29.3 Å². The number of hydrogen-bond acceptors (Lipinski definition) is 5. The van der Waals surface area contributed by atoms with Crippen LogP contribution in [0.25, 0.3) is 21.7 Å². The van der Waals surface area contributed by atoms with Crippen molar-refractivity contribution in [1.82, 2.24) is 5.43 Å². The average Bonchev–Trinajstić information content (AvgIpc) is 3.23. The molecule has 3 aromatic carbocycles. The topological polar surface area (TPSA) is 73.1 Å². The van der Waals surface area contributed by atoms with Gasteiger partial charge in [0.25, 0.3) is 0 Å². The van der Waals surface area contributed by atoms with Crippen LogP contribution in [0.1, 0.15) is 16.1 Å². The van der Waals surface area contributed by atoms with E-state index in [4.69, 9.17) is 13.9 Å². The van der Waals surface area contributed by atoms with Gasteiger partial charge in [0.15, 0.2) is 17.3 Å². The van der Waals surface area contributed by atoms with Gasteiger partial charge in [0.1, 0.15) is 12.2 Å². The largest absolute Gasteiger partial charge is 0.493 e. The lowest BCUT2D eigenvalue weighted by molar-refractivity contribution is 0.0929. The van der Waals surface area contributed by atoms with Crippen LogP contribution in [-0.2, 0) is 0 Å². The Balaban J connectivity index is 1.56. The normalized spacial score (nSPS) is 11.1. The molecule has 0 saturated carbocycles. The molecule has 4 rings (SSSR count). The van der Waals surface area contributed by atoms with E-state index >= 15 is 0 Å². The third-order valence-electron chi connectivity index (χ3n) is 4.59. The molecule has 1 N–H and O–H groups in total. The van der Waals surface area contributed by atoms with Crippen LogP contribution >= 0.6 is 0 Å².